The topological polar surface area (TPSA) is 63.9 Å². The van der Waals surface area contributed by atoms with Crippen molar-refractivity contribution < 1.29 is 19.0 Å². The summed E-state index contributed by atoms with van der Waals surface area (Å²) in [6.07, 6.45) is 3.25. The summed E-state index contributed by atoms with van der Waals surface area (Å²) in [6.45, 7) is -0.246. The highest BCUT2D eigenvalue weighted by Gasteiger charge is 2.23. The van der Waals surface area contributed by atoms with Crippen LogP contribution in [0, 0.1) is 5.82 Å². The maximum Gasteiger partial charge on any atom is 0.162 e. The van der Waals surface area contributed by atoms with Gasteiger partial charge in [0.1, 0.15) is 0 Å². The molecule has 0 amide bonds. The fraction of sp³-hybridized carbons (Fsp3) is 0.250. The van der Waals surface area contributed by atoms with Crippen molar-refractivity contribution in [2.24, 2.45) is 4.99 Å². The zero-order chi connectivity index (χ0) is 22.0. The van der Waals surface area contributed by atoms with Crippen LogP contribution in [0.15, 0.2) is 47.5 Å². The van der Waals surface area contributed by atoms with E-state index in [2.05, 4.69) is 4.99 Å². The Hall–Kier alpha value is -2.96. The molecule has 0 aliphatic carbocycles. The minimum Gasteiger partial charge on any atom is -0.493 e. The van der Waals surface area contributed by atoms with E-state index in [-0.39, 0.29) is 23.1 Å². The van der Waals surface area contributed by atoms with Gasteiger partial charge in [0.15, 0.2) is 17.3 Å². The number of halogens is 2. The van der Waals surface area contributed by atoms with Crippen LogP contribution < -0.4 is 9.47 Å². The average Bonchev–Trinajstić information content (AvgIpc) is 2.80. The lowest BCUT2D eigenvalue weighted by molar-refractivity contribution is 0.282. The first kappa shape index (κ1) is 21.3. The molecule has 2 heterocycles. The first-order valence-electron chi connectivity index (χ1n) is 9.88. The number of benzene rings is 2. The van der Waals surface area contributed by atoms with Gasteiger partial charge < -0.3 is 14.6 Å². The number of aliphatic hydroxyl groups excluding tert-OH is 1. The van der Waals surface area contributed by atoms with Crippen molar-refractivity contribution in [2.45, 2.75) is 25.4 Å². The third kappa shape index (κ3) is 4.13. The lowest BCUT2D eigenvalue weighted by Crippen LogP contribution is -2.10. The molecule has 5 nitrogen and oxygen atoms in total. The van der Waals surface area contributed by atoms with E-state index in [1.807, 2.05) is 24.4 Å². The SMILES string of the molecule is COc1cc2c(cc1OC)C(Cc1ccc(CO)c(-c3cccc(Cl)c3F)n1)CC=N2. The van der Waals surface area contributed by atoms with Crippen molar-refractivity contribution in [3.05, 3.63) is 70.1 Å². The molecule has 1 atom stereocenters. The van der Waals surface area contributed by atoms with Crippen molar-refractivity contribution in [3.8, 4) is 22.8 Å². The summed E-state index contributed by atoms with van der Waals surface area (Å²) in [4.78, 5) is 9.20. The van der Waals surface area contributed by atoms with Crippen molar-refractivity contribution in [1.82, 2.24) is 4.98 Å². The average molecular weight is 441 g/mol. The number of hydrogen-bond donors (Lipinski definition) is 1. The number of aromatic nitrogens is 1. The van der Waals surface area contributed by atoms with Crippen LogP contribution in [-0.2, 0) is 13.0 Å². The Morgan fingerprint density at radius 2 is 1.90 bits per heavy atom. The summed E-state index contributed by atoms with van der Waals surface area (Å²) in [7, 11) is 3.20. The summed E-state index contributed by atoms with van der Waals surface area (Å²) < 4.78 is 25.5. The van der Waals surface area contributed by atoms with Crippen LogP contribution in [0.1, 0.15) is 29.2 Å². The van der Waals surface area contributed by atoms with Crippen molar-refractivity contribution in [3.63, 3.8) is 0 Å². The molecule has 1 N–H and O–H groups in total. The lowest BCUT2D eigenvalue weighted by atomic mass is 9.88. The standard InChI is InChI=1S/C24H22ClFN2O3/c1-30-21-11-18-14(8-9-27-20(18)12-22(21)31-2)10-16-7-6-15(13-29)24(28-16)17-4-3-5-19(25)23(17)26/h3-7,9,11-12,14,29H,8,10,13H2,1-2H3. The summed E-state index contributed by atoms with van der Waals surface area (Å²) in [5.74, 6) is 0.851. The smallest absolute Gasteiger partial charge is 0.162 e. The van der Waals surface area contributed by atoms with Gasteiger partial charge in [-0.3, -0.25) is 9.98 Å². The molecule has 7 heteroatoms. The number of rotatable bonds is 6. The van der Waals surface area contributed by atoms with Crippen LogP contribution in [0.4, 0.5) is 10.1 Å². The van der Waals surface area contributed by atoms with Crippen LogP contribution in [0.2, 0.25) is 5.02 Å². The summed E-state index contributed by atoms with van der Waals surface area (Å²) in [5.41, 5.74) is 3.88. The molecular formula is C24H22ClFN2O3. The van der Waals surface area contributed by atoms with E-state index in [1.54, 1.807) is 32.4 Å². The van der Waals surface area contributed by atoms with E-state index in [9.17, 15) is 9.50 Å². The van der Waals surface area contributed by atoms with Gasteiger partial charge in [0.25, 0.3) is 0 Å². The molecular weight excluding hydrogens is 419 g/mol. The van der Waals surface area contributed by atoms with Gasteiger partial charge in [-0.1, -0.05) is 23.7 Å². The second-order valence-electron chi connectivity index (χ2n) is 7.28. The van der Waals surface area contributed by atoms with E-state index in [0.29, 0.717) is 29.2 Å². The van der Waals surface area contributed by atoms with Gasteiger partial charge in [-0.2, -0.15) is 0 Å². The van der Waals surface area contributed by atoms with Crippen LogP contribution >= 0.6 is 11.6 Å². The van der Waals surface area contributed by atoms with Gasteiger partial charge in [-0.05, 0) is 48.6 Å². The molecule has 0 saturated carbocycles. The molecule has 1 unspecified atom stereocenters. The zero-order valence-corrected chi connectivity index (χ0v) is 18.0. The third-order valence-corrected chi connectivity index (χ3v) is 5.75. The summed E-state index contributed by atoms with van der Waals surface area (Å²) in [5, 5.41) is 9.77. The fourth-order valence-corrected chi connectivity index (χ4v) is 4.04. The number of aliphatic imine (C=N–C) groups is 1. The first-order valence-corrected chi connectivity index (χ1v) is 10.3. The van der Waals surface area contributed by atoms with Crippen molar-refractivity contribution >= 4 is 23.5 Å². The second-order valence-corrected chi connectivity index (χ2v) is 7.69. The van der Waals surface area contributed by atoms with Gasteiger partial charge in [0, 0.05) is 29.1 Å². The maximum atomic E-state index is 14.6. The van der Waals surface area contributed by atoms with Crippen LogP contribution in [0.25, 0.3) is 11.3 Å². The molecule has 31 heavy (non-hydrogen) atoms. The van der Waals surface area contributed by atoms with E-state index < -0.39 is 5.82 Å². The lowest BCUT2D eigenvalue weighted by Gasteiger charge is -2.23. The van der Waals surface area contributed by atoms with Crippen molar-refractivity contribution in [1.29, 1.82) is 0 Å². The molecule has 1 aliphatic heterocycles. The quantitative estimate of drug-likeness (QED) is 0.551. The third-order valence-electron chi connectivity index (χ3n) is 5.46. The van der Waals surface area contributed by atoms with Gasteiger partial charge in [0.2, 0.25) is 0 Å². The highest BCUT2D eigenvalue weighted by atomic mass is 35.5. The minimum absolute atomic E-state index is 0.0204. The number of fused-ring (bicyclic) bond motifs is 1. The highest BCUT2D eigenvalue weighted by Crippen LogP contribution is 2.42. The monoisotopic (exact) mass is 440 g/mol. The molecule has 4 rings (SSSR count). The molecule has 1 aromatic heterocycles. The Bertz CT molecular complexity index is 1150. The Morgan fingerprint density at radius 1 is 1.13 bits per heavy atom. The normalized spacial score (nSPS) is 14.9. The Kier molecular flexibility index (Phi) is 6.20. The van der Waals surface area contributed by atoms with Gasteiger partial charge in [0.05, 0.1) is 37.2 Å². The second kappa shape index (κ2) is 9.04. The van der Waals surface area contributed by atoms with Crippen LogP contribution in [0.3, 0.4) is 0 Å². The fourth-order valence-electron chi connectivity index (χ4n) is 3.86. The van der Waals surface area contributed by atoms with E-state index in [0.717, 1.165) is 23.4 Å². The van der Waals surface area contributed by atoms with Crippen molar-refractivity contribution in [2.75, 3.05) is 14.2 Å². The molecule has 0 spiro atoms. The molecule has 160 valence electrons. The number of aliphatic hydroxyl groups is 1. The predicted molar refractivity (Wildman–Crippen MR) is 119 cm³/mol. The number of nitrogens with zero attached hydrogens (tertiary/aromatic N) is 2. The Balaban J connectivity index is 1.72. The van der Waals surface area contributed by atoms with Crippen LogP contribution in [0.5, 0.6) is 11.5 Å². The van der Waals surface area contributed by atoms with E-state index >= 15 is 0 Å². The maximum absolute atomic E-state index is 14.6. The summed E-state index contributed by atoms with van der Waals surface area (Å²) >= 11 is 5.96. The number of methoxy groups -OCH3 is 2. The highest BCUT2D eigenvalue weighted by molar-refractivity contribution is 6.31. The molecule has 0 fully saturated rings. The van der Waals surface area contributed by atoms with Crippen LogP contribution in [-0.4, -0.2) is 30.5 Å². The number of pyridine rings is 1. The molecule has 2 aromatic carbocycles. The first-order chi connectivity index (χ1) is 15.0. The molecule has 0 radical (unpaired) electrons. The van der Waals surface area contributed by atoms with E-state index in [4.69, 9.17) is 26.1 Å². The zero-order valence-electron chi connectivity index (χ0n) is 17.2. The minimum atomic E-state index is -0.546. The van der Waals surface area contributed by atoms with Gasteiger partial charge >= 0.3 is 0 Å². The molecule has 0 saturated heterocycles. The Morgan fingerprint density at radius 3 is 2.65 bits per heavy atom. The molecule has 1 aliphatic rings. The molecule has 3 aromatic rings. The predicted octanol–water partition coefficient (Wildman–Crippen LogP) is 5.48. The van der Waals surface area contributed by atoms with E-state index in [1.165, 1.54) is 6.07 Å². The van der Waals surface area contributed by atoms with Gasteiger partial charge in [-0.25, -0.2) is 4.39 Å². The number of ether oxygens (including phenoxy) is 2. The molecule has 0 bridgehead atoms. The number of hydrogen-bond acceptors (Lipinski definition) is 5. The van der Waals surface area contributed by atoms with Gasteiger partial charge in [-0.15, -0.1) is 0 Å². The Labute approximate surface area is 185 Å². The largest absolute Gasteiger partial charge is 0.493 e. The summed E-state index contributed by atoms with van der Waals surface area (Å²) in [6, 6.07) is 12.2.